The zero-order valence-electron chi connectivity index (χ0n) is 18.4. The Morgan fingerprint density at radius 2 is 1.68 bits per heavy atom. The third-order valence-electron chi connectivity index (χ3n) is 8.10. The number of sulfonamides is 1. The van der Waals surface area contributed by atoms with Crippen molar-refractivity contribution in [2.75, 3.05) is 13.7 Å². The van der Waals surface area contributed by atoms with Crippen LogP contribution in [0.3, 0.4) is 0 Å². The predicted molar refractivity (Wildman–Crippen MR) is 118 cm³/mol. The lowest BCUT2D eigenvalue weighted by molar-refractivity contribution is -0.127. The molecule has 1 N–H and O–H groups in total. The van der Waals surface area contributed by atoms with E-state index in [1.165, 1.54) is 19.3 Å². The van der Waals surface area contributed by atoms with Gasteiger partial charge in [-0.25, -0.2) is 8.42 Å². The van der Waals surface area contributed by atoms with Crippen LogP contribution in [0.5, 0.6) is 5.75 Å². The highest BCUT2D eigenvalue weighted by Crippen LogP contribution is 2.55. The minimum Gasteiger partial charge on any atom is -0.497 e. The fraction of sp³-hybridized carbons (Fsp3) is 0.708. The number of carbonyl (C=O) groups excluding carboxylic acids is 1. The number of nitrogens with one attached hydrogen (secondary N) is 1. The normalized spacial score (nSPS) is 35.1. The number of piperidine rings is 1. The molecule has 5 aliphatic rings. The van der Waals surface area contributed by atoms with Gasteiger partial charge in [-0.15, -0.1) is 0 Å². The molecule has 1 unspecified atom stereocenters. The minimum absolute atomic E-state index is 0.0276. The quantitative estimate of drug-likeness (QED) is 0.723. The lowest BCUT2D eigenvalue weighted by Gasteiger charge is -2.57. The molecule has 1 aliphatic heterocycles. The second kappa shape index (κ2) is 8.07. The molecule has 5 fully saturated rings. The van der Waals surface area contributed by atoms with E-state index >= 15 is 0 Å². The Morgan fingerprint density at radius 1 is 1.06 bits per heavy atom. The third kappa shape index (κ3) is 4.11. The first kappa shape index (κ1) is 21.3. The number of hydrogen-bond donors (Lipinski definition) is 1. The topological polar surface area (TPSA) is 75.7 Å². The third-order valence-corrected chi connectivity index (χ3v) is 10.1. The van der Waals surface area contributed by atoms with E-state index in [1.54, 1.807) is 35.7 Å². The summed E-state index contributed by atoms with van der Waals surface area (Å²) in [4.78, 5) is 13.4. The monoisotopic (exact) mass is 446 g/mol. The highest BCUT2D eigenvalue weighted by molar-refractivity contribution is 7.89. The summed E-state index contributed by atoms with van der Waals surface area (Å²) in [5, 5.41) is 3.42. The summed E-state index contributed by atoms with van der Waals surface area (Å²) in [6, 6.07) is 6.26. The van der Waals surface area contributed by atoms with Crippen molar-refractivity contribution >= 4 is 15.9 Å². The molecule has 0 spiro atoms. The molecule has 4 bridgehead atoms. The van der Waals surface area contributed by atoms with E-state index in [1.807, 2.05) is 0 Å². The maximum atomic E-state index is 13.3. The molecular formula is C24H34N2O4S. The van der Waals surface area contributed by atoms with Crippen molar-refractivity contribution in [2.24, 2.45) is 17.8 Å². The molecular weight excluding hydrogens is 412 g/mol. The van der Waals surface area contributed by atoms with Gasteiger partial charge in [-0.2, -0.15) is 4.31 Å². The van der Waals surface area contributed by atoms with E-state index in [9.17, 15) is 13.2 Å². The summed E-state index contributed by atoms with van der Waals surface area (Å²) in [5.41, 5.74) is -0.0276. The van der Waals surface area contributed by atoms with Crippen LogP contribution in [0.15, 0.2) is 29.2 Å². The summed E-state index contributed by atoms with van der Waals surface area (Å²) in [6.45, 7) is 0.476. The second-order valence-electron chi connectivity index (χ2n) is 10.4. The maximum absolute atomic E-state index is 13.3. The van der Waals surface area contributed by atoms with Gasteiger partial charge in [0.15, 0.2) is 0 Å². The Kier molecular flexibility index (Phi) is 5.53. The molecule has 0 radical (unpaired) electrons. The van der Waals surface area contributed by atoms with Crippen LogP contribution in [-0.2, 0) is 14.8 Å². The van der Waals surface area contributed by atoms with Crippen molar-refractivity contribution in [3.63, 3.8) is 0 Å². The Labute approximate surface area is 185 Å². The molecule has 4 aliphatic carbocycles. The molecule has 4 saturated carbocycles. The van der Waals surface area contributed by atoms with Gasteiger partial charge in [0.2, 0.25) is 15.9 Å². The number of ether oxygens (including phenoxy) is 1. The average molecular weight is 447 g/mol. The summed E-state index contributed by atoms with van der Waals surface area (Å²) < 4.78 is 33.4. The van der Waals surface area contributed by atoms with Crippen LogP contribution in [0.1, 0.15) is 64.2 Å². The van der Waals surface area contributed by atoms with E-state index in [0.29, 0.717) is 12.3 Å². The van der Waals surface area contributed by atoms with Gasteiger partial charge >= 0.3 is 0 Å². The molecule has 1 atom stereocenters. The van der Waals surface area contributed by atoms with E-state index in [-0.39, 0.29) is 28.8 Å². The van der Waals surface area contributed by atoms with E-state index in [0.717, 1.165) is 56.3 Å². The number of methoxy groups -OCH3 is 1. The highest BCUT2D eigenvalue weighted by atomic mass is 32.2. The van der Waals surface area contributed by atoms with Crippen molar-refractivity contribution < 1.29 is 17.9 Å². The molecule has 7 heteroatoms. The predicted octanol–water partition coefficient (Wildman–Crippen LogP) is 3.71. The van der Waals surface area contributed by atoms with E-state index < -0.39 is 10.0 Å². The zero-order chi connectivity index (χ0) is 21.6. The number of hydrogen-bond acceptors (Lipinski definition) is 4. The molecule has 0 aromatic heterocycles. The number of rotatable bonds is 6. The van der Waals surface area contributed by atoms with Gasteiger partial charge in [0.05, 0.1) is 12.0 Å². The first-order chi connectivity index (χ1) is 14.9. The van der Waals surface area contributed by atoms with Crippen LogP contribution in [0.4, 0.5) is 0 Å². The molecule has 1 aromatic carbocycles. The van der Waals surface area contributed by atoms with E-state index in [2.05, 4.69) is 5.32 Å². The van der Waals surface area contributed by atoms with Gasteiger partial charge in [-0.1, -0.05) is 6.42 Å². The van der Waals surface area contributed by atoms with Gasteiger partial charge in [0.1, 0.15) is 5.75 Å². The Hall–Kier alpha value is -1.60. The van der Waals surface area contributed by atoms with Crippen LogP contribution in [-0.4, -0.2) is 43.9 Å². The first-order valence-electron chi connectivity index (χ1n) is 11.8. The molecule has 170 valence electrons. The number of carbonyl (C=O) groups is 1. The molecule has 31 heavy (non-hydrogen) atoms. The van der Waals surface area contributed by atoms with Gasteiger partial charge < -0.3 is 10.1 Å². The molecule has 6 nitrogen and oxygen atoms in total. The molecule has 1 amide bonds. The Morgan fingerprint density at radius 3 is 2.26 bits per heavy atom. The average Bonchev–Trinajstić information content (AvgIpc) is 2.72. The molecule has 1 saturated heterocycles. The van der Waals surface area contributed by atoms with Crippen molar-refractivity contribution in [2.45, 2.75) is 80.7 Å². The largest absolute Gasteiger partial charge is 0.497 e. The lowest BCUT2D eigenvalue weighted by Crippen LogP contribution is -2.60. The number of amides is 1. The van der Waals surface area contributed by atoms with E-state index in [4.69, 9.17) is 4.74 Å². The van der Waals surface area contributed by atoms with Crippen molar-refractivity contribution in [1.82, 2.24) is 9.62 Å². The summed E-state index contributed by atoms with van der Waals surface area (Å²) in [7, 11) is -2.08. The Balaban J connectivity index is 1.29. The maximum Gasteiger partial charge on any atom is 0.243 e. The summed E-state index contributed by atoms with van der Waals surface area (Å²) >= 11 is 0. The molecule has 6 rings (SSSR count). The van der Waals surface area contributed by atoms with Crippen molar-refractivity contribution in [1.29, 1.82) is 0 Å². The SMILES string of the molecule is COc1ccc(S(=O)(=O)N2CCCCC2CC(=O)NC23CC4CC(CC(C4)C2)C3)cc1. The van der Waals surface area contributed by atoms with Crippen molar-refractivity contribution in [3.05, 3.63) is 24.3 Å². The van der Waals surface area contributed by atoms with Crippen molar-refractivity contribution in [3.8, 4) is 5.75 Å². The van der Waals surface area contributed by atoms with Crippen LogP contribution in [0.2, 0.25) is 0 Å². The standard InChI is InChI=1S/C24H34N2O4S/c1-30-21-5-7-22(8-6-21)31(28,29)26-9-3-2-4-20(26)13-23(27)25-24-14-17-10-18(15-24)12-19(11-17)16-24/h5-8,17-20H,2-4,9-16H2,1H3,(H,25,27). The number of nitrogens with zero attached hydrogens (tertiary/aromatic N) is 1. The summed E-state index contributed by atoms with van der Waals surface area (Å²) in [5.74, 6) is 2.97. The van der Waals surface area contributed by atoms with Crippen LogP contribution >= 0.6 is 0 Å². The first-order valence-corrected chi connectivity index (χ1v) is 13.3. The number of benzene rings is 1. The van der Waals surface area contributed by atoms with Crippen LogP contribution in [0, 0.1) is 17.8 Å². The molecule has 1 aromatic rings. The smallest absolute Gasteiger partial charge is 0.243 e. The summed E-state index contributed by atoms with van der Waals surface area (Å²) in [6.07, 6.45) is 10.2. The zero-order valence-corrected chi connectivity index (χ0v) is 19.2. The van der Waals surface area contributed by atoms with Crippen LogP contribution < -0.4 is 10.1 Å². The van der Waals surface area contributed by atoms with Gasteiger partial charge in [-0.3, -0.25) is 4.79 Å². The fourth-order valence-electron chi connectivity index (χ4n) is 7.20. The Bertz CT molecular complexity index is 892. The minimum atomic E-state index is -3.64. The van der Waals surface area contributed by atoms with Gasteiger partial charge in [0, 0.05) is 24.5 Å². The van der Waals surface area contributed by atoms with Gasteiger partial charge in [0.25, 0.3) is 0 Å². The molecule has 1 heterocycles. The highest BCUT2D eigenvalue weighted by Gasteiger charge is 2.51. The lowest BCUT2D eigenvalue weighted by atomic mass is 9.53. The fourth-order valence-corrected chi connectivity index (χ4v) is 8.89. The second-order valence-corrected chi connectivity index (χ2v) is 12.3. The van der Waals surface area contributed by atoms with Gasteiger partial charge in [-0.05, 0) is 93.4 Å². The van der Waals surface area contributed by atoms with Crippen LogP contribution in [0.25, 0.3) is 0 Å².